The van der Waals surface area contributed by atoms with Crippen molar-refractivity contribution >= 4 is 10.9 Å². The maximum absolute atomic E-state index is 5.38. The van der Waals surface area contributed by atoms with Gasteiger partial charge in [0.2, 0.25) is 0 Å². The molecule has 108 valence electrons. The first-order chi connectivity index (χ1) is 10.2. The molecule has 0 saturated heterocycles. The quantitative estimate of drug-likeness (QED) is 0.771. The standard InChI is InChI=1S/C18H20N2O/c1-13-5-7-16-11-15(6-8-18(16)20-13)12-19-14(2)10-17-4-3-9-21-17/h3-9,11,14,19H,10,12H2,1-2H3. The number of nitrogens with one attached hydrogen (secondary N) is 1. The minimum Gasteiger partial charge on any atom is -0.469 e. The number of aromatic nitrogens is 1. The van der Waals surface area contributed by atoms with Crippen LogP contribution in [-0.4, -0.2) is 11.0 Å². The topological polar surface area (TPSA) is 38.1 Å². The Balaban J connectivity index is 1.63. The van der Waals surface area contributed by atoms with Gasteiger partial charge >= 0.3 is 0 Å². The highest BCUT2D eigenvalue weighted by molar-refractivity contribution is 5.79. The van der Waals surface area contributed by atoms with Gasteiger partial charge in [-0.1, -0.05) is 12.1 Å². The van der Waals surface area contributed by atoms with Gasteiger partial charge in [0.25, 0.3) is 0 Å². The number of nitrogens with zero attached hydrogens (tertiary/aromatic N) is 1. The van der Waals surface area contributed by atoms with Crippen molar-refractivity contribution in [1.29, 1.82) is 0 Å². The van der Waals surface area contributed by atoms with Gasteiger partial charge < -0.3 is 9.73 Å². The monoisotopic (exact) mass is 280 g/mol. The molecule has 0 aliphatic carbocycles. The number of hydrogen-bond acceptors (Lipinski definition) is 3. The largest absolute Gasteiger partial charge is 0.469 e. The van der Waals surface area contributed by atoms with E-state index in [9.17, 15) is 0 Å². The third kappa shape index (κ3) is 3.50. The van der Waals surface area contributed by atoms with E-state index in [2.05, 4.69) is 47.6 Å². The maximum atomic E-state index is 5.38. The van der Waals surface area contributed by atoms with Crippen LogP contribution in [-0.2, 0) is 13.0 Å². The lowest BCUT2D eigenvalue weighted by molar-refractivity contribution is 0.456. The van der Waals surface area contributed by atoms with Crippen LogP contribution in [0, 0.1) is 6.92 Å². The molecule has 1 aromatic carbocycles. The molecule has 3 rings (SSSR count). The number of furan rings is 1. The molecule has 2 aromatic heterocycles. The number of rotatable bonds is 5. The van der Waals surface area contributed by atoms with Crippen molar-refractivity contribution in [2.24, 2.45) is 0 Å². The van der Waals surface area contributed by atoms with Crippen LogP contribution < -0.4 is 5.32 Å². The van der Waals surface area contributed by atoms with Gasteiger partial charge in [-0.2, -0.15) is 0 Å². The molecule has 0 aliphatic heterocycles. The van der Waals surface area contributed by atoms with E-state index in [1.165, 1.54) is 10.9 Å². The summed E-state index contributed by atoms with van der Waals surface area (Å²) in [6, 6.07) is 14.9. The summed E-state index contributed by atoms with van der Waals surface area (Å²) in [7, 11) is 0. The van der Waals surface area contributed by atoms with Crippen molar-refractivity contribution in [3.63, 3.8) is 0 Å². The summed E-state index contributed by atoms with van der Waals surface area (Å²) < 4.78 is 5.38. The van der Waals surface area contributed by atoms with E-state index < -0.39 is 0 Å². The van der Waals surface area contributed by atoms with Crippen molar-refractivity contribution in [2.45, 2.75) is 32.9 Å². The van der Waals surface area contributed by atoms with E-state index in [0.29, 0.717) is 6.04 Å². The van der Waals surface area contributed by atoms with Crippen molar-refractivity contribution in [2.75, 3.05) is 0 Å². The Morgan fingerprint density at radius 3 is 2.90 bits per heavy atom. The lowest BCUT2D eigenvalue weighted by Crippen LogP contribution is -2.27. The Bertz CT molecular complexity index is 719. The molecule has 3 nitrogen and oxygen atoms in total. The molecule has 0 spiro atoms. The average molecular weight is 280 g/mol. The van der Waals surface area contributed by atoms with Gasteiger partial charge in [-0.3, -0.25) is 4.98 Å². The van der Waals surface area contributed by atoms with Crippen LogP contribution in [0.3, 0.4) is 0 Å². The molecule has 0 fully saturated rings. The SMILES string of the molecule is Cc1ccc2cc(CNC(C)Cc3ccco3)ccc2n1. The third-order valence-electron chi connectivity index (χ3n) is 3.63. The Morgan fingerprint density at radius 2 is 2.10 bits per heavy atom. The summed E-state index contributed by atoms with van der Waals surface area (Å²) in [6.07, 6.45) is 2.63. The molecule has 0 aliphatic rings. The van der Waals surface area contributed by atoms with Crippen LogP contribution in [0.2, 0.25) is 0 Å². The van der Waals surface area contributed by atoms with E-state index in [-0.39, 0.29) is 0 Å². The summed E-state index contributed by atoms with van der Waals surface area (Å²) in [5, 5.41) is 4.73. The van der Waals surface area contributed by atoms with Crippen molar-refractivity contribution in [1.82, 2.24) is 10.3 Å². The molecule has 21 heavy (non-hydrogen) atoms. The smallest absolute Gasteiger partial charge is 0.105 e. The molecular formula is C18H20N2O. The lowest BCUT2D eigenvalue weighted by atomic mass is 10.1. The van der Waals surface area contributed by atoms with E-state index in [1.807, 2.05) is 19.1 Å². The predicted octanol–water partition coefficient (Wildman–Crippen LogP) is 3.86. The van der Waals surface area contributed by atoms with E-state index >= 15 is 0 Å². The molecule has 3 heteroatoms. The van der Waals surface area contributed by atoms with Gasteiger partial charge in [0, 0.05) is 30.1 Å². The average Bonchev–Trinajstić information content (AvgIpc) is 2.98. The first-order valence-corrected chi connectivity index (χ1v) is 7.33. The van der Waals surface area contributed by atoms with Gasteiger partial charge in [0.15, 0.2) is 0 Å². The second kappa shape index (κ2) is 6.10. The number of hydrogen-bond donors (Lipinski definition) is 1. The molecule has 0 bridgehead atoms. The molecule has 1 atom stereocenters. The van der Waals surface area contributed by atoms with Crippen LogP contribution >= 0.6 is 0 Å². The van der Waals surface area contributed by atoms with Gasteiger partial charge in [-0.15, -0.1) is 0 Å². The minimum absolute atomic E-state index is 0.378. The minimum atomic E-state index is 0.378. The zero-order valence-corrected chi connectivity index (χ0v) is 12.5. The molecule has 0 radical (unpaired) electrons. The zero-order valence-electron chi connectivity index (χ0n) is 12.5. The van der Waals surface area contributed by atoms with Gasteiger partial charge in [0.1, 0.15) is 5.76 Å². The predicted molar refractivity (Wildman–Crippen MR) is 85.2 cm³/mol. The Morgan fingerprint density at radius 1 is 1.19 bits per heavy atom. The van der Waals surface area contributed by atoms with E-state index in [0.717, 1.165) is 29.9 Å². The first-order valence-electron chi connectivity index (χ1n) is 7.33. The van der Waals surface area contributed by atoms with E-state index in [4.69, 9.17) is 4.42 Å². The number of pyridine rings is 1. The number of aryl methyl sites for hydroxylation is 1. The summed E-state index contributed by atoms with van der Waals surface area (Å²) in [5.74, 6) is 1.02. The van der Waals surface area contributed by atoms with Crippen molar-refractivity contribution in [3.05, 3.63) is 65.7 Å². The van der Waals surface area contributed by atoms with Crippen molar-refractivity contribution in [3.8, 4) is 0 Å². The lowest BCUT2D eigenvalue weighted by Gasteiger charge is -2.13. The highest BCUT2D eigenvalue weighted by Crippen LogP contribution is 2.15. The second-order valence-corrected chi connectivity index (χ2v) is 5.55. The number of fused-ring (bicyclic) bond motifs is 1. The fourth-order valence-corrected chi connectivity index (χ4v) is 2.48. The fourth-order valence-electron chi connectivity index (χ4n) is 2.48. The molecule has 1 unspecified atom stereocenters. The fraction of sp³-hybridized carbons (Fsp3) is 0.278. The van der Waals surface area contributed by atoms with Crippen molar-refractivity contribution < 1.29 is 4.42 Å². The summed E-state index contributed by atoms with van der Waals surface area (Å²) in [6.45, 7) is 5.05. The zero-order chi connectivity index (χ0) is 14.7. The first kappa shape index (κ1) is 13.8. The molecule has 3 aromatic rings. The highest BCUT2D eigenvalue weighted by Gasteiger charge is 2.05. The number of benzene rings is 1. The van der Waals surface area contributed by atoms with Gasteiger partial charge in [-0.25, -0.2) is 0 Å². The molecule has 1 N–H and O–H groups in total. The van der Waals surface area contributed by atoms with Crippen LogP contribution in [0.5, 0.6) is 0 Å². The molecule has 0 saturated carbocycles. The summed E-state index contributed by atoms with van der Waals surface area (Å²) >= 11 is 0. The van der Waals surface area contributed by atoms with Crippen LogP contribution in [0.25, 0.3) is 10.9 Å². The van der Waals surface area contributed by atoms with Crippen LogP contribution in [0.1, 0.15) is 23.9 Å². The maximum Gasteiger partial charge on any atom is 0.105 e. The Kier molecular flexibility index (Phi) is 4.02. The van der Waals surface area contributed by atoms with Gasteiger partial charge in [-0.05, 0) is 49.7 Å². The normalized spacial score (nSPS) is 12.7. The molecule has 0 amide bonds. The third-order valence-corrected chi connectivity index (χ3v) is 3.63. The summed E-state index contributed by atoms with van der Waals surface area (Å²) in [4.78, 5) is 4.53. The Labute approximate surface area is 125 Å². The Hall–Kier alpha value is -2.13. The molecular weight excluding hydrogens is 260 g/mol. The van der Waals surface area contributed by atoms with Gasteiger partial charge in [0.05, 0.1) is 11.8 Å². The molecule has 2 heterocycles. The highest BCUT2D eigenvalue weighted by atomic mass is 16.3. The van der Waals surface area contributed by atoms with Crippen LogP contribution in [0.15, 0.2) is 53.1 Å². The summed E-state index contributed by atoms with van der Waals surface area (Å²) in [5.41, 5.74) is 3.39. The van der Waals surface area contributed by atoms with Crippen LogP contribution in [0.4, 0.5) is 0 Å². The van der Waals surface area contributed by atoms with E-state index in [1.54, 1.807) is 6.26 Å². The second-order valence-electron chi connectivity index (χ2n) is 5.55.